The van der Waals surface area contributed by atoms with Crippen molar-refractivity contribution in [3.05, 3.63) is 0 Å². The highest BCUT2D eigenvalue weighted by Gasteiger charge is 1.92. The van der Waals surface area contributed by atoms with Gasteiger partial charge in [0.15, 0.2) is 0 Å². The molecule has 0 aromatic rings. The number of aliphatic hydroxyl groups is 2. The lowest BCUT2D eigenvalue weighted by atomic mass is 10.7. The van der Waals surface area contributed by atoms with Crippen LogP contribution < -0.4 is 0 Å². The van der Waals surface area contributed by atoms with Crippen molar-refractivity contribution in [2.75, 3.05) is 79.3 Å². The monoisotopic (exact) mass is 354 g/mol. The Labute approximate surface area is 138 Å². The fraction of sp³-hybridized carbons (Fsp3) is 1.00. The van der Waals surface area contributed by atoms with E-state index in [2.05, 4.69) is 0 Å². The van der Waals surface area contributed by atoms with E-state index in [1.165, 1.54) is 0 Å². The Hall–Kier alpha value is 0.300. The molecule has 0 aliphatic carbocycles. The van der Waals surface area contributed by atoms with Crippen LogP contribution in [0.5, 0.6) is 0 Å². The van der Waals surface area contributed by atoms with Gasteiger partial charge < -0.3 is 33.9 Å². The van der Waals surface area contributed by atoms with Gasteiger partial charge in [-0.05, 0) is 0 Å². The molecule has 0 aromatic heterocycles. The summed E-state index contributed by atoms with van der Waals surface area (Å²) >= 11 is 0. The summed E-state index contributed by atoms with van der Waals surface area (Å²) in [7, 11) is 0. The molecule has 0 rings (SSSR count). The summed E-state index contributed by atoms with van der Waals surface area (Å²) in [5, 5.41) is 16.9. The molecule has 0 saturated carbocycles. The Morgan fingerprint density at radius 3 is 0.762 bits per heavy atom. The highest BCUT2D eigenvalue weighted by Crippen LogP contribution is 1.83. The van der Waals surface area contributed by atoms with Gasteiger partial charge in [-0.15, -0.1) is 24.8 Å². The molecule has 0 saturated heterocycles. The molecule has 0 bridgehead atoms. The second-order valence-corrected chi connectivity index (χ2v) is 3.51. The first-order valence-corrected chi connectivity index (χ1v) is 6.52. The Balaban J connectivity index is -0.00000162. The van der Waals surface area contributed by atoms with Crippen molar-refractivity contribution in [3.63, 3.8) is 0 Å². The Kier molecular flexibility index (Phi) is 31.5. The fourth-order valence-electron chi connectivity index (χ4n) is 1.11. The molecular weight excluding hydrogens is 327 g/mol. The van der Waals surface area contributed by atoms with E-state index >= 15 is 0 Å². The molecule has 0 unspecified atom stereocenters. The molecule has 0 radical (unpaired) electrons. The van der Waals surface area contributed by atoms with E-state index < -0.39 is 0 Å². The van der Waals surface area contributed by atoms with Crippen LogP contribution in [0.15, 0.2) is 0 Å². The maximum atomic E-state index is 8.45. The normalized spacial score (nSPS) is 10.0. The number of ether oxygens (including phenoxy) is 5. The fourth-order valence-corrected chi connectivity index (χ4v) is 1.11. The van der Waals surface area contributed by atoms with E-state index in [4.69, 9.17) is 33.9 Å². The quantitative estimate of drug-likeness (QED) is 0.374. The summed E-state index contributed by atoms with van der Waals surface area (Å²) in [6.45, 7) is 4.80. The van der Waals surface area contributed by atoms with Crippen LogP contribution in [-0.2, 0) is 23.7 Å². The predicted octanol–water partition coefficient (Wildman–Crippen LogP) is -0.102. The van der Waals surface area contributed by atoms with Crippen molar-refractivity contribution in [2.45, 2.75) is 0 Å². The summed E-state index contributed by atoms with van der Waals surface area (Å²) in [6.07, 6.45) is 0. The Bertz CT molecular complexity index is 151. The van der Waals surface area contributed by atoms with Gasteiger partial charge in [-0.1, -0.05) is 0 Å². The number of rotatable bonds is 16. The minimum atomic E-state index is 0. The highest BCUT2D eigenvalue weighted by molar-refractivity contribution is 5.85. The topological polar surface area (TPSA) is 86.6 Å². The first kappa shape index (κ1) is 26.2. The molecule has 0 aliphatic rings. The number of aliphatic hydroxyl groups excluding tert-OH is 2. The molecule has 0 heterocycles. The van der Waals surface area contributed by atoms with E-state index in [0.717, 1.165) is 0 Å². The van der Waals surface area contributed by atoms with E-state index in [1.807, 2.05) is 0 Å². The lowest BCUT2D eigenvalue weighted by molar-refractivity contribution is -0.0151. The maximum absolute atomic E-state index is 8.45. The summed E-state index contributed by atoms with van der Waals surface area (Å²) in [5.74, 6) is 0. The zero-order valence-corrected chi connectivity index (χ0v) is 13.9. The van der Waals surface area contributed by atoms with Gasteiger partial charge in [0, 0.05) is 0 Å². The van der Waals surface area contributed by atoms with Crippen LogP contribution in [0.25, 0.3) is 0 Å². The van der Waals surface area contributed by atoms with Crippen molar-refractivity contribution in [3.8, 4) is 0 Å². The molecule has 21 heavy (non-hydrogen) atoms. The van der Waals surface area contributed by atoms with Gasteiger partial charge in [0.25, 0.3) is 0 Å². The van der Waals surface area contributed by atoms with E-state index in [9.17, 15) is 0 Å². The highest BCUT2D eigenvalue weighted by atomic mass is 35.5. The van der Waals surface area contributed by atoms with Gasteiger partial charge in [-0.25, -0.2) is 0 Å². The first-order chi connectivity index (χ1) is 9.41. The van der Waals surface area contributed by atoms with Crippen LogP contribution in [0.3, 0.4) is 0 Å². The van der Waals surface area contributed by atoms with Crippen LogP contribution in [0.1, 0.15) is 0 Å². The standard InChI is InChI=1S/C12H26O7.2ClH/c13-1-3-15-5-7-17-9-11-19-12-10-18-8-6-16-4-2-14;;/h13-14H,1-12H2;2*1H. The summed E-state index contributed by atoms with van der Waals surface area (Å²) in [4.78, 5) is 0. The second-order valence-electron chi connectivity index (χ2n) is 3.51. The summed E-state index contributed by atoms with van der Waals surface area (Å²) in [5.41, 5.74) is 0. The minimum absolute atomic E-state index is 0. The van der Waals surface area contributed by atoms with Gasteiger partial charge in [-0.3, -0.25) is 0 Å². The van der Waals surface area contributed by atoms with Crippen LogP contribution in [0.2, 0.25) is 0 Å². The molecule has 0 fully saturated rings. The molecule has 2 N–H and O–H groups in total. The van der Waals surface area contributed by atoms with Crippen molar-refractivity contribution in [1.82, 2.24) is 0 Å². The number of halogens is 2. The lowest BCUT2D eigenvalue weighted by Crippen LogP contribution is -2.14. The minimum Gasteiger partial charge on any atom is -0.394 e. The SMILES string of the molecule is Cl.Cl.OCCOCCOCCOCCOCCOCCO. The van der Waals surface area contributed by atoms with Gasteiger partial charge >= 0.3 is 0 Å². The Morgan fingerprint density at radius 2 is 0.571 bits per heavy atom. The van der Waals surface area contributed by atoms with Crippen LogP contribution in [0.4, 0.5) is 0 Å². The van der Waals surface area contributed by atoms with Crippen molar-refractivity contribution in [1.29, 1.82) is 0 Å². The average molecular weight is 355 g/mol. The molecular formula is C12H28Cl2O7. The molecule has 0 aromatic carbocycles. The molecule has 0 atom stereocenters. The van der Waals surface area contributed by atoms with E-state index in [-0.39, 0.29) is 38.0 Å². The zero-order valence-electron chi connectivity index (χ0n) is 12.2. The molecule has 7 nitrogen and oxygen atoms in total. The zero-order chi connectivity index (χ0) is 14.0. The van der Waals surface area contributed by atoms with Crippen molar-refractivity contribution >= 4 is 24.8 Å². The van der Waals surface area contributed by atoms with Crippen LogP contribution in [-0.4, -0.2) is 89.5 Å². The summed E-state index contributed by atoms with van der Waals surface area (Å²) < 4.78 is 25.8. The molecule has 0 aliphatic heterocycles. The van der Waals surface area contributed by atoms with E-state index in [0.29, 0.717) is 66.1 Å². The molecule has 132 valence electrons. The van der Waals surface area contributed by atoms with Crippen LogP contribution in [0, 0.1) is 0 Å². The third-order valence-electron chi connectivity index (χ3n) is 1.96. The third kappa shape index (κ3) is 25.6. The first-order valence-electron chi connectivity index (χ1n) is 6.52. The number of hydrogen-bond acceptors (Lipinski definition) is 7. The lowest BCUT2D eigenvalue weighted by Gasteiger charge is -2.07. The number of hydrogen-bond donors (Lipinski definition) is 2. The average Bonchev–Trinajstić information content (AvgIpc) is 2.43. The molecule has 0 amide bonds. The summed E-state index contributed by atoms with van der Waals surface area (Å²) in [6, 6.07) is 0. The van der Waals surface area contributed by atoms with Crippen LogP contribution >= 0.6 is 24.8 Å². The smallest absolute Gasteiger partial charge is 0.0701 e. The maximum Gasteiger partial charge on any atom is 0.0701 e. The van der Waals surface area contributed by atoms with Gasteiger partial charge in [0.1, 0.15) is 0 Å². The van der Waals surface area contributed by atoms with Crippen molar-refractivity contribution < 1.29 is 33.9 Å². The third-order valence-corrected chi connectivity index (χ3v) is 1.96. The molecule has 0 spiro atoms. The van der Waals surface area contributed by atoms with E-state index in [1.54, 1.807) is 0 Å². The van der Waals surface area contributed by atoms with Gasteiger partial charge in [-0.2, -0.15) is 0 Å². The van der Waals surface area contributed by atoms with Gasteiger partial charge in [0.05, 0.1) is 79.3 Å². The van der Waals surface area contributed by atoms with Crippen molar-refractivity contribution in [2.24, 2.45) is 0 Å². The Morgan fingerprint density at radius 1 is 0.381 bits per heavy atom. The second kappa shape index (κ2) is 25.3. The van der Waals surface area contributed by atoms with Gasteiger partial charge in [0.2, 0.25) is 0 Å². The molecule has 9 heteroatoms. The predicted molar refractivity (Wildman–Crippen MR) is 82.8 cm³/mol. The largest absolute Gasteiger partial charge is 0.394 e.